The van der Waals surface area contributed by atoms with E-state index in [9.17, 15) is 12.8 Å². The molecule has 8 heteroatoms. The quantitative estimate of drug-likeness (QED) is 0.526. The van der Waals surface area contributed by atoms with Gasteiger partial charge in [-0.05, 0) is 54.3 Å². The molecular formula is C18H23FN4O2S. The number of guanidine groups is 1. The third kappa shape index (κ3) is 5.82. The molecule has 0 heterocycles. The molecule has 2 aromatic carbocycles. The first-order valence-corrected chi connectivity index (χ1v) is 9.65. The predicted octanol–water partition coefficient (Wildman–Crippen LogP) is 1.69. The molecular weight excluding hydrogens is 355 g/mol. The second-order valence-electron chi connectivity index (χ2n) is 5.87. The Kier molecular flexibility index (Phi) is 6.70. The summed E-state index contributed by atoms with van der Waals surface area (Å²) in [7, 11) is -2.07. The molecule has 140 valence electrons. The number of sulfonamides is 1. The van der Waals surface area contributed by atoms with Crippen LogP contribution in [-0.2, 0) is 23.0 Å². The van der Waals surface area contributed by atoms with Crippen molar-refractivity contribution in [2.24, 2.45) is 10.1 Å². The molecule has 2 aromatic rings. The van der Waals surface area contributed by atoms with E-state index in [1.54, 1.807) is 25.2 Å². The number of nitrogens with zero attached hydrogens (tertiary/aromatic N) is 1. The van der Waals surface area contributed by atoms with Gasteiger partial charge in [-0.3, -0.25) is 4.99 Å². The Morgan fingerprint density at radius 1 is 1.19 bits per heavy atom. The molecule has 0 spiro atoms. The summed E-state index contributed by atoms with van der Waals surface area (Å²) in [6, 6.07) is 11.2. The Bertz CT molecular complexity index is 898. The molecule has 0 aliphatic rings. The molecule has 0 aromatic heterocycles. The van der Waals surface area contributed by atoms with E-state index in [0.717, 1.165) is 23.1 Å². The molecule has 0 radical (unpaired) electrons. The molecule has 0 saturated carbocycles. The fourth-order valence-corrected chi connectivity index (χ4v) is 3.08. The lowest BCUT2D eigenvalue weighted by atomic mass is 10.1. The second kappa shape index (κ2) is 8.77. The summed E-state index contributed by atoms with van der Waals surface area (Å²) >= 11 is 0. The van der Waals surface area contributed by atoms with Gasteiger partial charge in [0.25, 0.3) is 0 Å². The fraction of sp³-hybridized carbons (Fsp3) is 0.278. The van der Waals surface area contributed by atoms with E-state index in [4.69, 9.17) is 5.14 Å². The highest BCUT2D eigenvalue weighted by Crippen LogP contribution is 2.11. The molecule has 0 fully saturated rings. The largest absolute Gasteiger partial charge is 0.356 e. The minimum absolute atomic E-state index is 0.0755. The van der Waals surface area contributed by atoms with E-state index < -0.39 is 10.0 Å². The summed E-state index contributed by atoms with van der Waals surface area (Å²) < 4.78 is 35.9. The highest BCUT2D eigenvalue weighted by molar-refractivity contribution is 7.89. The lowest BCUT2D eigenvalue weighted by Crippen LogP contribution is -2.37. The summed E-state index contributed by atoms with van der Waals surface area (Å²) in [6.07, 6.45) is 0.730. The lowest BCUT2D eigenvalue weighted by Gasteiger charge is -2.13. The Morgan fingerprint density at radius 2 is 1.96 bits per heavy atom. The molecule has 0 saturated heterocycles. The van der Waals surface area contributed by atoms with E-state index >= 15 is 0 Å². The van der Waals surface area contributed by atoms with Crippen LogP contribution in [0.2, 0.25) is 0 Å². The van der Waals surface area contributed by atoms with Gasteiger partial charge in [-0.1, -0.05) is 18.2 Å². The van der Waals surface area contributed by atoms with Gasteiger partial charge in [0, 0.05) is 20.1 Å². The highest BCUT2D eigenvalue weighted by Gasteiger charge is 2.08. The standard InChI is InChI=1S/C18H23FN4O2S/c1-13-10-16(19)7-6-15(13)8-9-22-18(21-2)23-12-14-4-3-5-17(11-14)26(20,24)25/h3-7,10-11H,8-9,12H2,1-2H3,(H2,20,24,25)(H2,21,22,23). The maximum absolute atomic E-state index is 13.1. The van der Waals surface area contributed by atoms with Crippen molar-refractivity contribution >= 4 is 16.0 Å². The smallest absolute Gasteiger partial charge is 0.238 e. The van der Waals surface area contributed by atoms with Gasteiger partial charge in [0.15, 0.2) is 5.96 Å². The van der Waals surface area contributed by atoms with Crippen molar-refractivity contribution in [1.82, 2.24) is 10.6 Å². The molecule has 26 heavy (non-hydrogen) atoms. The van der Waals surface area contributed by atoms with Crippen molar-refractivity contribution in [3.8, 4) is 0 Å². The molecule has 6 nitrogen and oxygen atoms in total. The number of aliphatic imine (C=N–C) groups is 1. The van der Waals surface area contributed by atoms with E-state index in [0.29, 0.717) is 19.0 Å². The third-order valence-corrected chi connectivity index (χ3v) is 4.81. The van der Waals surface area contributed by atoms with Crippen molar-refractivity contribution in [1.29, 1.82) is 0 Å². The topological polar surface area (TPSA) is 96.6 Å². The molecule has 0 amide bonds. The van der Waals surface area contributed by atoms with Crippen LogP contribution in [0.15, 0.2) is 52.4 Å². The number of nitrogens with two attached hydrogens (primary N) is 1. The maximum Gasteiger partial charge on any atom is 0.238 e. The average Bonchev–Trinajstić information content (AvgIpc) is 2.59. The van der Waals surface area contributed by atoms with Crippen molar-refractivity contribution in [3.05, 3.63) is 65.0 Å². The monoisotopic (exact) mass is 378 g/mol. The zero-order valence-electron chi connectivity index (χ0n) is 14.8. The summed E-state index contributed by atoms with van der Waals surface area (Å²) in [5.74, 6) is 0.351. The number of halogens is 1. The first kappa shape index (κ1) is 19.9. The van der Waals surface area contributed by atoms with Crippen LogP contribution in [0.5, 0.6) is 0 Å². The van der Waals surface area contributed by atoms with Crippen LogP contribution in [0.4, 0.5) is 4.39 Å². The van der Waals surface area contributed by atoms with Crippen LogP contribution < -0.4 is 15.8 Å². The van der Waals surface area contributed by atoms with Gasteiger partial charge in [-0.25, -0.2) is 17.9 Å². The predicted molar refractivity (Wildman–Crippen MR) is 101 cm³/mol. The van der Waals surface area contributed by atoms with E-state index in [-0.39, 0.29) is 10.7 Å². The van der Waals surface area contributed by atoms with Gasteiger partial charge < -0.3 is 10.6 Å². The molecule has 0 aliphatic carbocycles. The SMILES string of the molecule is CN=C(NCCc1ccc(F)cc1C)NCc1cccc(S(N)(=O)=O)c1. The van der Waals surface area contributed by atoms with Gasteiger partial charge in [0.2, 0.25) is 10.0 Å². The number of benzene rings is 2. The minimum atomic E-state index is -3.72. The second-order valence-corrected chi connectivity index (χ2v) is 7.43. The van der Waals surface area contributed by atoms with E-state index in [2.05, 4.69) is 15.6 Å². The van der Waals surface area contributed by atoms with E-state index in [1.807, 2.05) is 6.92 Å². The first-order chi connectivity index (χ1) is 12.3. The number of rotatable bonds is 6. The van der Waals surface area contributed by atoms with Gasteiger partial charge in [-0.2, -0.15) is 0 Å². The van der Waals surface area contributed by atoms with Crippen LogP contribution in [0.3, 0.4) is 0 Å². The fourth-order valence-electron chi connectivity index (χ4n) is 2.49. The molecule has 0 aliphatic heterocycles. The van der Waals surface area contributed by atoms with Crippen molar-refractivity contribution in [3.63, 3.8) is 0 Å². The number of aryl methyl sites for hydroxylation is 1. The van der Waals surface area contributed by atoms with Gasteiger partial charge in [-0.15, -0.1) is 0 Å². The van der Waals surface area contributed by atoms with Gasteiger partial charge in [0.05, 0.1) is 4.90 Å². The molecule has 0 bridgehead atoms. The number of hydrogen-bond acceptors (Lipinski definition) is 3. The molecule has 0 unspecified atom stereocenters. The lowest BCUT2D eigenvalue weighted by molar-refractivity contribution is 0.597. The van der Waals surface area contributed by atoms with Crippen molar-refractivity contribution in [2.45, 2.75) is 24.8 Å². The van der Waals surface area contributed by atoms with Crippen LogP contribution in [0, 0.1) is 12.7 Å². The van der Waals surface area contributed by atoms with Crippen LogP contribution in [0.25, 0.3) is 0 Å². The Labute approximate surface area is 153 Å². The van der Waals surface area contributed by atoms with E-state index in [1.165, 1.54) is 24.3 Å². The molecule has 2 rings (SSSR count). The number of hydrogen-bond donors (Lipinski definition) is 3. The van der Waals surface area contributed by atoms with Crippen molar-refractivity contribution < 1.29 is 12.8 Å². The first-order valence-electron chi connectivity index (χ1n) is 8.11. The zero-order valence-corrected chi connectivity index (χ0v) is 15.6. The Hall–Kier alpha value is -2.45. The summed E-state index contributed by atoms with van der Waals surface area (Å²) in [5, 5.41) is 11.4. The minimum Gasteiger partial charge on any atom is -0.356 e. The highest BCUT2D eigenvalue weighted by atomic mass is 32.2. The van der Waals surface area contributed by atoms with Gasteiger partial charge >= 0.3 is 0 Å². The summed E-state index contributed by atoms with van der Waals surface area (Å²) in [6.45, 7) is 2.91. The Morgan fingerprint density at radius 3 is 2.62 bits per heavy atom. The zero-order chi connectivity index (χ0) is 19.2. The maximum atomic E-state index is 13.1. The summed E-state index contributed by atoms with van der Waals surface area (Å²) in [4.78, 5) is 4.21. The molecule has 4 N–H and O–H groups in total. The number of primary sulfonamides is 1. The molecule has 0 atom stereocenters. The van der Waals surface area contributed by atoms with Crippen molar-refractivity contribution in [2.75, 3.05) is 13.6 Å². The summed E-state index contributed by atoms with van der Waals surface area (Å²) in [5.41, 5.74) is 2.75. The normalized spacial score (nSPS) is 12.1. The third-order valence-electron chi connectivity index (χ3n) is 3.90. The van der Waals surface area contributed by atoms with Crippen LogP contribution >= 0.6 is 0 Å². The average molecular weight is 378 g/mol. The number of nitrogens with one attached hydrogen (secondary N) is 2. The van der Waals surface area contributed by atoms with Gasteiger partial charge in [0.1, 0.15) is 5.82 Å². The Balaban J connectivity index is 1.88. The van der Waals surface area contributed by atoms with Crippen LogP contribution in [-0.4, -0.2) is 28.0 Å². The van der Waals surface area contributed by atoms with Crippen LogP contribution in [0.1, 0.15) is 16.7 Å².